The Morgan fingerprint density at radius 1 is 0.941 bits per heavy atom. The Labute approximate surface area is 98.9 Å². The molecule has 0 fully saturated rings. The summed E-state index contributed by atoms with van der Waals surface area (Å²) >= 11 is 0. The second-order valence-electron chi connectivity index (χ2n) is 3.85. The molecule has 2 heterocycles. The lowest BCUT2D eigenvalue weighted by molar-refractivity contribution is 1.31. The van der Waals surface area contributed by atoms with Crippen molar-refractivity contribution >= 4 is 16.6 Å². The molecule has 1 aromatic carbocycles. The Morgan fingerprint density at radius 2 is 1.71 bits per heavy atom. The molecule has 0 aliphatic heterocycles. The molecule has 3 nitrogen and oxygen atoms in total. The molecule has 0 atom stereocenters. The fourth-order valence-electron chi connectivity index (χ4n) is 1.87. The average Bonchev–Trinajstić information content (AvgIpc) is 2.39. The van der Waals surface area contributed by atoms with E-state index in [1.165, 1.54) is 0 Å². The highest BCUT2D eigenvalue weighted by atomic mass is 14.8. The van der Waals surface area contributed by atoms with Gasteiger partial charge in [0, 0.05) is 23.3 Å². The van der Waals surface area contributed by atoms with Crippen LogP contribution in [0.5, 0.6) is 0 Å². The summed E-state index contributed by atoms with van der Waals surface area (Å²) in [7, 11) is 0. The topological polar surface area (TPSA) is 51.8 Å². The van der Waals surface area contributed by atoms with Crippen LogP contribution in [0.2, 0.25) is 0 Å². The SMILES string of the molecule is Nc1cc2ccccc2nc1-c1ccncc1. The molecule has 2 N–H and O–H groups in total. The van der Waals surface area contributed by atoms with Gasteiger partial charge in [0.15, 0.2) is 0 Å². The van der Waals surface area contributed by atoms with Crippen LogP contribution in [0.25, 0.3) is 22.2 Å². The first-order valence-corrected chi connectivity index (χ1v) is 5.40. The minimum Gasteiger partial charge on any atom is -0.397 e. The maximum absolute atomic E-state index is 6.04. The number of anilines is 1. The first kappa shape index (κ1) is 9.78. The zero-order valence-corrected chi connectivity index (χ0v) is 9.17. The van der Waals surface area contributed by atoms with Crippen molar-refractivity contribution in [1.29, 1.82) is 0 Å². The van der Waals surface area contributed by atoms with Crippen LogP contribution in [0.4, 0.5) is 5.69 Å². The van der Waals surface area contributed by atoms with E-state index < -0.39 is 0 Å². The highest BCUT2D eigenvalue weighted by molar-refractivity contribution is 5.87. The van der Waals surface area contributed by atoms with Crippen LogP contribution in [0.3, 0.4) is 0 Å². The van der Waals surface area contributed by atoms with Gasteiger partial charge in [-0.05, 0) is 24.3 Å². The molecule has 2 aromatic heterocycles. The van der Waals surface area contributed by atoms with Gasteiger partial charge in [0.1, 0.15) is 0 Å². The quantitative estimate of drug-likeness (QED) is 0.687. The normalized spacial score (nSPS) is 10.6. The summed E-state index contributed by atoms with van der Waals surface area (Å²) in [6.07, 6.45) is 3.48. The standard InChI is InChI=1S/C14H11N3/c15-12-9-11-3-1-2-4-13(11)17-14(12)10-5-7-16-8-6-10/h1-9H,15H2. The number of fused-ring (bicyclic) bond motifs is 1. The summed E-state index contributed by atoms with van der Waals surface area (Å²) in [6.45, 7) is 0. The van der Waals surface area contributed by atoms with Crippen LogP contribution in [0.15, 0.2) is 54.9 Å². The summed E-state index contributed by atoms with van der Waals surface area (Å²) < 4.78 is 0. The zero-order chi connectivity index (χ0) is 11.7. The highest BCUT2D eigenvalue weighted by Crippen LogP contribution is 2.26. The van der Waals surface area contributed by atoms with Crippen LogP contribution in [0.1, 0.15) is 0 Å². The van der Waals surface area contributed by atoms with Gasteiger partial charge in [-0.2, -0.15) is 0 Å². The summed E-state index contributed by atoms with van der Waals surface area (Å²) in [5, 5.41) is 1.06. The number of aromatic nitrogens is 2. The van der Waals surface area contributed by atoms with E-state index >= 15 is 0 Å². The Bertz CT molecular complexity index is 663. The van der Waals surface area contributed by atoms with Crippen molar-refractivity contribution in [1.82, 2.24) is 9.97 Å². The van der Waals surface area contributed by atoms with Gasteiger partial charge >= 0.3 is 0 Å². The molecule has 0 spiro atoms. The van der Waals surface area contributed by atoms with Crippen molar-refractivity contribution in [3.63, 3.8) is 0 Å². The molecular formula is C14H11N3. The third-order valence-corrected chi connectivity index (χ3v) is 2.71. The van der Waals surface area contributed by atoms with Crippen LogP contribution in [0, 0.1) is 0 Å². The fourth-order valence-corrected chi connectivity index (χ4v) is 1.87. The molecule has 3 rings (SSSR count). The van der Waals surface area contributed by atoms with Crippen LogP contribution < -0.4 is 5.73 Å². The number of para-hydroxylation sites is 1. The second-order valence-corrected chi connectivity index (χ2v) is 3.85. The third-order valence-electron chi connectivity index (χ3n) is 2.71. The zero-order valence-electron chi connectivity index (χ0n) is 9.17. The molecular weight excluding hydrogens is 210 g/mol. The first-order chi connectivity index (χ1) is 8.34. The summed E-state index contributed by atoms with van der Waals surface area (Å²) in [4.78, 5) is 8.59. The fraction of sp³-hybridized carbons (Fsp3) is 0. The van der Waals surface area contributed by atoms with Crippen molar-refractivity contribution in [2.75, 3.05) is 5.73 Å². The van der Waals surface area contributed by atoms with E-state index in [9.17, 15) is 0 Å². The maximum Gasteiger partial charge on any atom is 0.0939 e. The van der Waals surface area contributed by atoms with Crippen LogP contribution >= 0.6 is 0 Å². The van der Waals surface area contributed by atoms with Crippen molar-refractivity contribution in [2.24, 2.45) is 0 Å². The third kappa shape index (κ3) is 1.72. The lowest BCUT2D eigenvalue weighted by atomic mass is 10.1. The van der Waals surface area contributed by atoms with E-state index in [0.29, 0.717) is 5.69 Å². The van der Waals surface area contributed by atoms with Gasteiger partial charge in [-0.3, -0.25) is 4.98 Å². The van der Waals surface area contributed by atoms with Crippen molar-refractivity contribution in [3.05, 3.63) is 54.9 Å². The number of nitrogens with two attached hydrogens (primary N) is 1. The molecule has 0 bridgehead atoms. The number of nitrogens with zero attached hydrogens (tertiary/aromatic N) is 2. The number of rotatable bonds is 1. The molecule has 0 radical (unpaired) electrons. The molecule has 3 aromatic rings. The number of hydrogen-bond acceptors (Lipinski definition) is 3. The van der Waals surface area contributed by atoms with Gasteiger partial charge in [0.2, 0.25) is 0 Å². The highest BCUT2D eigenvalue weighted by Gasteiger charge is 2.05. The molecule has 0 aliphatic carbocycles. The maximum atomic E-state index is 6.04. The molecule has 0 saturated heterocycles. The summed E-state index contributed by atoms with van der Waals surface area (Å²) in [5.41, 5.74) is 9.48. The van der Waals surface area contributed by atoms with Gasteiger partial charge in [0.05, 0.1) is 16.9 Å². The molecule has 0 saturated carbocycles. The minimum atomic E-state index is 0.690. The monoisotopic (exact) mass is 221 g/mol. The van der Waals surface area contributed by atoms with E-state index in [1.807, 2.05) is 42.5 Å². The molecule has 17 heavy (non-hydrogen) atoms. The Kier molecular flexibility index (Phi) is 2.22. The molecule has 0 amide bonds. The van der Waals surface area contributed by atoms with Gasteiger partial charge in [-0.15, -0.1) is 0 Å². The molecule has 82 valence electrons. The van der Waals surface area contributed by atoms with Crippen molar-refractivity contribution in [3.8, 4) is 11.3 Å². The minimum absolute atomic E-state index is 0.690. The van der Waals surface area contributed by atoms with Crippen molar-refractivity contribution in [2.45, 2.75) is 0 Å². The number of pyridine rings is 2. The smallest absolute Gasteiger partial charge is 0.0939 e. The van der Waals surface area contributed by atoms with Crippen LogP contribution in [-0.4, -0.2) is 9.97 Å². The van der Waals surface area contributed by atoms with Gasteiger partial charge < -0.3 is 5.73 Å². The average molecular weight is 221 g/mol. The predicted molar refractivity (Wildman–Crippen MR) is 69.4 cm³/mol. The lowest BCUT2D eigenvalue weighted by Gasteiger charge is -2.06. The Balaban J connectivity index is 2.27. The van der Waals surface area contributed by atoms with E-state index in [2.05, 4.69) is 9.97 Å². The van der Waals surface area contributed by atoms with E-state index in [0.717, 1.165) is 22.2 Å². The summed E-state index contributed by atoms with van der Waals surface area (Å²) in [5.74, 6) is 0. The first-order valence-electron chi connectivity index (χ1n) is 5.40. The van der Waals surface area contributed by atoms with E-state index in [4.69, 9.17) is 5.73 Å². The molecule has 3 heteroatoms. The van der Waals surface area contributed by atoms with Gasteiger partial charge in [0.25, 0.3) is 0 Å². The number of hydrogen-bond donors (Lipinski definition) is 1. The summed E-state index contributed by atoms with van der Waals surface area (Å²) in [6, 6.07) is 13.7. The van der Waals surface area contributed by atoms with E-state index in [1.54, 1.807) is 12.4 Å². The molecule has 0 aliphatic rings. The second kappa shape index (κ2) is 3.87. The number of nitrogen functional groups attached to an aromatic ring is 1. The Hall–Kier alpha value is -2.42. The van der Waals surface area contributed by atoms with Crippen LogP contribution in [-0.2, 0) is 0 Å². The van der Waals surface area contributed by atoms with E-state index in [-0.39, 0.29) is 0 Å². The van der Waals surface area contributed by atoms with Crippen molar-refractivity contribution < 1.29 is 0 Å². The predicted octanol–water partition coefficient (Wildman–Crippen LogP) is 2.88. The Morgan fingerprint density at radius 3 is 2.53 bits per heavy atom. The van der Waals surface area contributed by atoms with Gasteiger partial charge in [-0.1, -0.05) is 18.2 Å². The number of benzene rings is 1. The molecule has 0 unspecified atom stereocenters. The largest absolute Gasteiger partial charge is 0.397 e. The van der Waals surface area contributed by atoms with Gasteiger partial charge in [-0.25, -0.2) is 4.98 Å². The lowest BCUT2D eigenvalue weighted by Crippen LogP contribution is -1.94.